The molecule has 0 bridgehead atoms. The van der Waals surface area contributed by atoms with Crippen LogP contribution in [-0.4, -0.2) is 42.1 Å². The maximum atomic E-state index is 13.2. The molecule has 0 unspecified atom stereocenters. The lowest BCUT2D eigenvalue weighted by molar-refractivity contribution is -0.384. The van der Waals surface area contributed by atoms with Crippen LogP contribution in [0.5, 0.6) is 11.5 Å². The Balaban J connectivity index is 1.53. The molecule has 0 spiro atoms. The van der Waals surface area contributed by atoms with E-state index < -0.39 is 16.7 Å². The van der Waals surface area contributed by atoms with Crippen molar-refractivity contribution in [2.45, 2.75) is 6.42 Å². The fraction of sp³-hybridized carbons (Fsp3) is 0.148. The van der Waals surface area contributed by atoms with Crippen LogP contribution >= 0.6 is 0 Å². The van der Waals surface area contributed by atoms with Crippen molar-refractivity contribution in [1.29, 1.82) is 0 Å². The molecule has 2 N–H and O–H groups in total. The number of carbonyl (C=O) groups excluding carboxylic acids is 2. The molecule has 0 aliphatic rings. The SMILES string of the molecule is COc1cccc(-n2cc(C(=O)NCCC(=O)Nc3cc([N+](=O)[O-])ccc3OC)c3ccccc3c2=O)c1. The van der Waals surface area contributed by atoms with Crippen LogP contribution in [0.3, 0.4) is 0 Å². The number of nitrogens with zero attached hydrogens (tertiary/aromatic N) is 2. The largest absolute Gasteiger partial charge is 0.497 e. The summed E-state index contributed by atoms with van der Waals surface area (Å²) in [6.45, 7) is -0.0193. The van der Waals surface area contributed by atoms with Crippen molar-refractivity contribution in [3.05, 3.63) is 99.0 Å². The number of pyridine rings is 1. The molecule has 0 radical (unpaired) electrons. The van der Waals surface area contributed by atoms with Gasteiger partial charge < -0.3 is 20.1 Å². The second kappa shape index (κ2) is 11.2. The highest BCUT2D eigenvalue weighted by Crippen LogP contribution is 2.29. The van der Waals surface area contributed by atoms with Crippen molar-refractivity contribution in [3.63, 3.8) is 0 Å². The topological polar surface area (TPSA) is 142 Å². The third-order valence-corrected chi connectivity index (χ3v) is 5.81. The summed E-state index contributed by atoms with van der Waals surface area (Å²) in [4.78, 5) is 49.3. The van der Waals surface area contributed by atoms with Gasteiger partial charge in [-0.25, -0.2) is 0 Å². The molecule has 11 heteroatoms. The molecular formula is C27H24N4O7. The first-order chi connectivity index (χ1) is 18.3. The molecule has 0 saturated carbocycles. The van der Waals surface area contributed by atoms with Gasteiger partial charge in [0.25, 0.3) is 17.2 Å². The fourth-order valence-corrected chi connectivity index (χ4v) is 3.93. The molecule has 1 heterocycles. The van der Waals surface area contributed by atoms with Crippen molar-refractivity contribution in [3.8, 4) is 17.2 Å². The quantitative estimate of drug-likeness (QED) is 0.255. The van der Waals surface area contributed by atoms with Crippen LogP contribution in [0, 0.1) is 10.1 Å². The van der Waals surface area contributed by atoms with Gasteiger partial charge in [0.05, 0.1) is 36.1 Å². The smallest absolute Gasteiger partial charge is 0.271 e. The van der Waals surface area contributed by atoms with E-state index >= 15 is 0 Å². The minimum atomic E-state index is -0.579. The second-order valence-electron chi connectivity index (χ2n) is 8.16. The molecule has 1 aromatic heterocycles. The molecule has 4 rings (SSSR count). The maximum Gasteiger partial charge on any atom is 0.271 e. The molecule has 194 valence electrons. The Morgan fingerprint density at radius 2 is 1.74 bits per heavy atom. The van der Waals surface area contributed by atoms with Crippen LogP contribution in [0.2, 0.25) is 0 Å². The first-order valence-electron chi connectivity index (χ1n) is 11.5. The monoisotopic (exact) mass is 516 g/mol. The molecule has 0 fully saturated rings. The number of rotatable bonds is 9. The first kappa shape index (κ1) is 25.9. The van der Waals surface area contributed by atoms with Gasteiger partial charge in [-0.3, -0.25) is 29.1 Å². The summed E-state index contributed by atoms with van der Waals surface area (Å²) >= 11 is 0. The summed E-state index contributed by atoms with van der Waals surface area (Å²) in [5, 5.41) is 17.2. The number of fused-ring (bicyclic) bond motifs is 1. The number of non-ortho nitro benzene ring substituents is 1. The summed E-state index contributed by atoms with van der Waals surface area (Å²) in [5.74, 6) is -0.131. The van der Waals surface area contributed by atoms with E-state index in [2.05, 4.69) is 10.6 Å². The van der Waals surface area contributed by atoms with E-state index in [0.717, 1.165) is 0 Å². The zero-order valence-corrected chi connectivity index (χ0v) is 20.6. The molecule has 0 aliphatic heterocycles. The molecule has 11 nitrogen and oxygen atoms in total. The Morgan fingerprint density at radius 3 is 2.45 bits per heavy atom. The molecule has 3 aromatic carbocycles. The van der Waals surface area contributed by atoms with Crippen molar-refractivity contribution < 1.29 is 24.0 Å². The molecule has 38 heavy (non-hydrogen) atoms. The molecule has 2 amide bonds. The number of hydrogen-bond acceptors (Lipinski definition) is 7. The zero-order valence-electron chi connectivity index (χ0n) is 20.6. The number of nitrogens with one attached hydrogen (secondary N) is 2. The van der Waals surface area contributed by atoms with Gasteiger partial charge in [0, 0.05) is 48.1 Å². The van der Waals surface area contributed by atoms with Crippen LogP contribution in [0.4, 0.5) is 11.4 Å². The van der Waals surface area contributed by atoms with Crippen molar-refractivity contribution >= 4 is 34.0 Å². The van der Waals surface area contributed by atoms with Crippen molar-refractivity contribution in [2.24, 2.45) is 0 Å². The van der Waals surface area contributed by atoms with E-state index in [0.29, 0.717) is 22.2 Å². The van der Waals surface area contributed by atoms with Crippen molar-refractivity contribution in [2.75, 3.05) is 26.1 Å². The lowest BCUT2D eigenvalue weighted by atomic mass is 10.1. The zero-order chi connectivity index (χ0) is 27.2. The lowest BCUT2D eigenvalue weighted by Gasteiger charge is -2.14. The van der Waals surface area contributed by atoms with Gasteiger partial charge >= 0.3 is 0 Å². The van der Waals surface area contributed by atoms with E-state index in [1.165, 1.54) is 43.2 Å². The normalized spacial score (nSPS) is 10.6. The average molecular weight is 517 g/mol. The number of hydrogen-bond donors (Lipinski definition) is 2. The van der Waals surface area contributed by atoms with Crippen LogP contribution in [0.25, 0.3) is 16.5 Å². The van der Waals surface area contributed by atoms with Gasteiger partial charge in [-0.2, -0.15) is 0 Å². The summed E-state index contributed by atoms with van der Waals surface area (Å²) in [6, 6.07) is 17.5. The number of amides is 2. The summed E-state index contributed by atoms with van der Waals surface area (Å²) in [6.07, 6.45) is 1.36. The van der Waals surface area contributed by atoms with E-state index in [1.807, 2.05) is 0 Å². The Morgan fingerprint density at radius 1 is 0.974 bits per heavy atom. The number of anilines is 1. The highest BCUT2D eigenvalue weighted by Gasteiger charge is 2.17. The highest BCUT2D eigenvalue weighted by molar-refractivity contribution is 6.06. The number of ether oxygens (including phenoxy) is 2. The molecule has 4 aromatic rings. The number of nitro benzene ring substituents is 1. The van der Waals surface area contributed by atoms with E-state index in [-0.39, 0.29) is 41.2 Å². The Hall–Kier alpha value is -5.19. The second-order valence-corrected chi connectivity index (χ2v) is 8.16. The van der Waals surface area contributed by atoms with E-state index in [4.69, 9.17) is 9.47 Å². The van der Waals surface area contributed by atoms with Gasteiger partial charge in [-0.05, 0) is 24.3 Å². The highest BCUT2D eigenvalue weighted by atomic mass is 16.6. The maximum absolute atomic E-state index is 13.2. The van der Waals surface area contributed by atoms with Gasteiger partial charge in [0.15, 0.2) is 0 Å². The molecule has 0 aliphatic carbocycles. The number of benzene rings is 3. The van der Waals surface area contributed by atoms with E-state index in [9.17, 15) is 24.5 Å². The number of aromatic nitrogens is 1. The van der Waals surface area contributed by atoms with Crippen LogP contribution < -0.4 is 25.7 Å². The average Bonchev–Trinajstić information content (AvgIpc) is 2.93. The Labute approximate surface area is 216 Å². The lowest BCUT2D eigenvalue weighted by Crippen LogP contribution is -2.29. The third kappa shape index (κ3) is 5.46. The van der Waals surface area contributed by atoms with Crippen LogP contribution in [0.1, 0.15) is 16.8 Å². The summed E-state index contributed by atoms with van der Waals surface area (Å²) < 4.78 is 11.8. The molecule has 0 atom stereocenters. The summed E-state index contributed by atoms with van der Waals surface area (Å²) in [5.41, 5.74) is 0.431. The fourth-order valence-electron chi connectivity index (χ4n) is 3.93. The van der Waals surface area contributed by atoms with Crippen LogP contribution in [-0.2, 0) is 4.79 Å². The van der Waals surface area contributed by atoms with Gasteiger partial charge in [0.1, 0.15) is 11.5 Å². The molecular weight excluding hydrogens is 492 g/mol. The Kier molecular flexibility index (Phi) is 7.66. The minimum Gasteiger partial charge on any atom is -0.497 e. The molecule has 0 saturated heterocycles. The Bertz CT molecular complexity index is 1600. The van der Waals surface area contributed by atoms with Gasteiger partial charge in [-0.15, -0.1) is 0 Å². The predicted molar refractivity (Wildman–Crippen MR) is 141 cm³/mol. The number of nitro groups is 1. The summed E-state index contributed by atoms with van der Waals surface area (Å²) in [7, 11) is 2.90. The predicted octanol–water partition coefficient (Wildman–Crippen LogP) is 3.67. The minimum absolute atomic E-state index is 0.0193. The first-order valence-corrected chi connectivity index (χ1v) is 11.5. The third-order valence-electron chi connectivity index (χ3n) is 5.81. The van der Waals surface area contributed by atoms with Gasteiger partial charge in [-0.1, -0.05) is 24.3 Å². The van der Waals surface area contributed by atoms with Gasteiger partial charge in [0.2, 0.25) is 5.91 Å². The van der Waals surface area contributed by atoms with Crippen LogP contribution in [0.15, 0.2) is 77.7 Å². The number of methoxy groups -OCH3 is 2. The van der Waals surface area contributed by atoms with E-state index in [1.54, 1.807) is 48.5 Å². The van der Waals surface area contributed by atoms with Crippen molar-refractivity contribution in [1.82, 2.24) is 9.88 Å². The standard InChI is InChI=1S/C27H24N4O7/c1-37-19-7-5-6-17(14-19)30-16-22(20-8-3-4-9-21(20)27(30)34)26(33)28-13-12-25(32)29-23-15-18(31(35)36)10-11-24(23)38-2/h3-11,14-16H,12-13H2,1-2H3,(H,28,33)(H,29,32). The number of carbonyl (C=O) groups is 2.